The zero-order chi connectivity index (χ0) is 8.97. The Balaban J connectivity index is 2.78. The Bertz CT molecular complexity index is 269. The summed E-state index contributed by atoms with van der Waals surface area (Å²) in [7, 11) is 0. The molecule has 0 fully saturated rings. The number of nitrogens with one attached hydrogen (secondary N) is 1. The number of rotatable bonds is 3. The minimum atomic E-state index is -0.438. The van der Waals surface area contributed by atoms with Crippen LogP contribution in [0.5, 0.6) is 0 Å². The molecule has 0 heterocycles. The number of nitro benzene ring substituents is 1. The van der Waals surface area contributed by atoms with Gasteiger partial charge >= 0.3 is 0 Å². The van der Waals surface area contributed by atoms with Gasteiger partial charge in [-0.3, -0.25) is 10.1 Å². The fraction of sp³-hybridized carbons (Fsp3) is 0.250. The van der Waals surface area contributed by atoms with E-state index in [1.807, 2.05) is 6.92 Å². The van der Waals surface area contributed by atoms with Crippen molar-refractivity contribution in [2.45, 2.75) is 6.92 Å². The van der Waals surface area contributed by atoms with Crippen LogP contribution in [0.1, 0.15) is 6.92 Å². The van der Waals surface area contributed by atoms with Crippen LogP contribution in [0.2, 0.25) is 0 Å². The van der Waals surface area contributed by atoms with E-state index < -0.39 is 4.92 Å². The molecule has 0 aliphatic carbocycles. The Kier molecular flexibility index (Phi) is 2.63. The van der Waals surface area contributed by atoms with E-state index in [1.165, 1.54) is 12.1 Å². The highest BCUT2D eigenvalue weighted by Crippen LogP contribution is 2.13. The molecule has 1 N–H and O–H groups in total. The van der Waals surface area contributed by atoms with E-state index in [0.29, 0.717) is 0 Å². The van der Waals surface area contributed by atoms with Crippen molar-refractivity contribution in [2.75, 3.05) is 11.9 Å². The largest absolute Gasteiger partial charge is 0.385 e. The zero-order valence-corrected chi connectivity index (χ0v) is 6.70. The fourth-order valence-electron chi connectivity index (χ4n) is 0.831. The van der Waals surface area contributed by atoms with E-state index >= 15 is 0 Å². The third-order valence-corrected chi connectivity index (χ3v) is 1.37. The van der Waals surface area contributed by atoms with E-state index in [0.717, 1.165) is 12.2 Å². The summed E-state index contributed by atoms with van der Waals surface area (Å²) < 4.78 is 0. The Morgan fingerprint density at radius 2 is 2.42 bits per heavy atom. The summed E-state index contributed by atoms with van der Waals surface area (Å²) in [5.74, 6) is 0. The molecule has 1 rings (SSSR count). The third-order valence-electron chi connectivity index (χ3n) is 1.37. The van der Waals surface area contributed by atoms with Gasteiger partial charge in [0.2, 0.25) is 0 Å². The highest BCUT2D eigenvalue weighted by atomic mass is 16.6. The van der Waals surface area contributed by atoms with Crippen molar-refractivity contribution in [3.05, 3.63) is 34.4 Å². The lowest BCUT2D eigenvalue weighted by Gasteiger charge is -1.99. The van der Waals surface area contributed by atoms with Gasteiger partial charge in [0.05, 0.1) is 4.92 Å². The lowest BCUT2D eigenvalue weighted by molar-refractivity contribution is -0.384. The van der Waals surface area contributed by atoms with Crippen molar-refractivity contribution in [3.8, 4) is 0 Å². The van der Waals surface area contributed by atoms with Crippen molar-refractivity contribution in [1.29, 1.82) is 0 Å². The standard InChI is InChI=1S/C8H9N2O2/c1-2-9-7-3-5-8(6-4-7)10(11)12/h3,5-6,9H,2H2,1H3. The first kappa shape index (κ1) is 8.52. The molecular weight excluding hydrogens is 156 g/mol. The average Bonchev–Trinajstić information content (AvgIpc) is 2.06. The topological polar surface area (TPSA) is 55.2 Å². The summed E-state index contributed by atoms with van der Waals surface area (Å²) in [5.41, 5.74) is 0.847. The van der Waals surface area contributed by atoms with Crippen LogP contribution in [0.25, 0.3) is 0 Å². The van der Waals surface area contributed by atoms with Gasteiger partial charge in [0.1, 0.15) is 0 Å². The van der Waals surface area contributed by atoms with Crippen molar-refractivity contribution in [1.82, 2.24) is 0 Å². The van der Waals surface area contributed by atoms with Gasteiger partial charge in [-0.25, -0.2) is 0 Å². The number of hydrogen-bond donors (Lipinski definition) is 1. The lowest BCUT2D eigenvalue weighted by atomic mass is 10.3. The summed E-state index contributed by atoms with van der Waals surface area (Å²) in [6, 6.07) is 7.22. The second kappa shape index (κ2) is 3.71. The molecule has 1 aromatic rings. The van der Waals surface area contributed by atoms with Gasteiger partial charge in [-0.15, -0.1) is 0 Å². The van der Waals surface area contributed by atoms with Crippen LogP contribution in [-0.4, -0.2) is 11.5 Å². The minimum absolute atomic E-state index is 0.0663. The van der Waals surface area contributed by atoms with Crippen LogP contribution in [0.3, 0.4) is 0 Å². The SMILES string of the molecule is CCNc1[c]cc([N+](=O)[O-])cc1. The molecule has 0 unspecified atom stereocenters. The van der Waals surface area contributed by atoms with Crippen molar-refractivity contribution >= 4 is 11.4 Å². The van der Waals surface area contributed by atoms with E-state index in [1.54, 1.807) is 6.07 Å². The molecule has 12 heavy (non-hydrogen) atoms. The molecule has 0 aliphatic rings. The fourth-order valence-corrected chi connectivity index (χ4v) is 0.831. The molecule has 0 aliphatic heterocycles. The first-order chi connectivity index (χ1) is 5.74. The van der Waals surface area contributed by atoms with Gasteiger partial charge in [-0.1, -0.05) is 0 Å². The Hall–Kier alpha value is -1.58. The van der Waals surface area contributed by atoms with Gasteiger partial charge in [-0.05, 0) is 13.0 Å². The Labute approximate surface area is 70.4 Å². The smallest absolute Gasteiger partial charge is 0.270 e. The molecular formula is C8H9N2O2. The lowest BCUT2D eigenvalue weighted by Crippen LogP contribution is -1.96. The molecule has 0 spiro atoms. The molecule has 0 bridgehead atoms. The molecule has 0 amide bonds. The number of nitrogens with zero attached hydrogens (tertiary/aromatic N) is 1. The van der Waals surface area contributed by atoms with Crippen LogP contribution < -0.4 is 5.32 Å². The van der Waals surface area contributed by atoms with Crippen molar-refractivity contribution < 1.29 is 4.92 Å². The monoisotopic (exact) mass is 165 g/mol. The summed E-state index contributed by atoms with van der Waals surface area (Å²) in [6.07, 6.45) is 0. The molecule has 1 aromatic carbocycles. The molecule has 4 nitrogen and oxygen atoms in total. The number of anilines is 1. The maximum absolute atomic E-state index is 10.2. The number of hydrogen-bond acceptors (Lipinski definition) is 3. The Morgan fingerprint density at radius 3 is 2.83 bits per heavy atom. The maximum Gasteiger partial charge on any atom is 0.270 e. The van der Waals surface area contributed by atoms with Crippen LogP contribution in [0, 0.1) is 16.2 Å². The van der Waals surface area contributed by atoms with Gasteiger partial charge in [-0.2, -0.15) is 0 Å². The van der Waals surface area contributed by atoms with Gasteiger partial charge < -0.3 is 5.32 Å². The molecule has 0 saturated heterocycles. The van der Waals surface area contributed by atoms with E-state index in [2.05, 4.69) is 11.4 Å². The van der Waals surface area contributed by atoms with Gasteiger partial charge in [0.15, 0.2) is 0 Å². The molecule has 0 atom stereocenters. The molecule has 63 valence electrons. The molecule has 0 aromatic heterocycles. The highest BCUT2D eigenvalue weighted by Gasteiger charge is 2.02. The predicted octanol–water partition coefficient (Wildman–Crippen LogP) is 1.83. The minimum Gasteiger partial charge on any atom is -0.385 e. The Morgan fingerprint density at radius 1 is 1.67 bits per heavy atom. The van der Waals surface area contributed by atoms with Gasteiger partial charge in [0.25, 0.3) is 5.69 Å². The first-order valence-electron chi connectivity index (χ1n) is 3.64. The second-order valence-electron chi connectivity index (χ2n) is 2.25. The molecule has 0 saturated carbocycles. The van der Waals surface area contributed by atoms with Crippen LogP contribution >= 0.6 is 0 Å². The summed E-state index contributed by atoms with van der Waals surface area (Å²) in [4.78, 5) is 9.80. The van der Waals surface area contributed by atoms with Crippen LogP contribution in [0.4, 0.5) is 11.4 Å². The number of non-ortho nitro benzene ring substituents is 1. The maximum atomic E-state index is 10.2. The summed E-state index contributed by atoms with van der Waals surface area (Å²) in [6.45, 7) is 2.74. The highest BCUT2D eigenvalue weighted by molar-refractivity contribution is 5.47. The predicted molar refractivity (Wildman–Crippen MR) is 46.1 cm³/mol. The van der Waals surface area contributed by atoms with E-state index in [4.69, 9.17) is 0 Å². The first-order valence-corrected chi connectivity index (χ1v) is 3.64. The number of benzene rings is 1. The van der Waals surface area contributed by atoms with Gasteiger partial charge in [0, 0.05) is 30.4 Å². The van der Waals surface area contributed by atoms with Crippen molar-refractivity contribution in [3.63, 3.8) is 0 Å². The van der Waals surface area contributed by atoms with Crippen LogP contribution in [-0.2, 0) is 0 Å². The normalized spacial score (nSPS) is 9.42. The zero-order valence-electron chi connectivity index (χ0n) is 6.70. The van der Waals surface area contributed by atoms with E-state index in [-0.39, 0.29) is 5.69 Å². The number of nitro groups is 1. The summed E-state index contributed by atoms with van der Waals surface area (Å²) in [5, 5.41) is 13.2. The van der Waals surface area contributed by atoms with Crippen molar-refractivity contribution in [2.24, 2.45) is 0 Å². The summed E-state index contributed by atoms with van der Waals surface area (Å²) >= 11 is 0. The average molecular weight is 165 g/mol. The third kappa shape index (κ3) is 1.95. The quantitative estimate of drug-likeness (QED) is 0.549. The second-order valence-corrected chi connectivity index (χ2v) is 2.25. The van der Waals surface area contributed by atoms with E-state index in [9.17, 15) is 10.1 Å². The molecule has 4 heteroatoms. The van der Waals surface area contributed by atoms with Crippen LogP contribution in [0.15, 0.2) is 18.2 Å². The molecule has 1 radical (unpaired) electrons.